The maximum atomic E-state index is 4.10. The molecule has 0 aliphatic carbocycles. The summed E-state index contributed by atoms with van der Waals surface area (Å²) in [5, 5.41) is 5.87. The summed E-state index contributed by atoms with van der Waals surface area (Å²) >= 11 is 0. The van der Waals surface area contributed by atoms with Crippen molar-refractivity contribution in [1.29, 1.82) is 0 Å². The maximum absolute atomic E-state index is 4.10. The number of nitrogens with one attached hydrogen (secondary N) is 1. The summed E-state index contributed by atoms with van der Waals surface area (Å²) in [6.07, 6.45) is 4.92. The molecule has 0 atom stereocenters. The van der Waals surface area contributed by atoms with Crippen LogP contribution in [-0.2, 0) is 6.54 Å². The highest BCUT2D eigenvalue weighted by Gasteiger charge is 1.95. The lowest BCUT2D eigenvalue weighted by Crippen LogP contribution is -2.13. The Labute approximate surface area is 90.3 Å². The van der Waals surface area contributed by atoms with Crippen molar-refractivity contribution in [3.8, 4) is 0 Å². The molecule has 0 fully saturated rings. The largest absolute Gasteiger partial charge is 0.313 e. The molecule has 0 saturated heterocycles. The number of rotatable bonds is 4. The maximum Gasteiger partial charge on any atom is 0.0346 e. The van der Waals surface area contributed by atoms with Crippen LogP contribution in [0.4, 0.5) is 0 Å². The van der Waals surface area contributed by atoms with Gasteiger partial charge < -0.3 is 5.32 Å². The van der Waals surface area contributed by atoms with Crippen LogP contribution in [-0.4, -0.2) is 11.5 Å². The standard InChI is InChI=1S/C13H16N2/c1-2-6-14-9-11-3-4-13-10-15-7-5-12(13)8-11/h3-5,7-8,10,14H,2,6,9H2,1H3. The van der Waals surface area contributed by atoms with E-state index in [0.29, 0.717) is 0 Å². The SMILES string of the molecule is CCCNCc1ccc2cnccc2c1. The van der Waals surface area contributed by atoms with Gasteiger partial charge in [0.15, 0.2) is 0 Å². The Balaban J connectivity index is 2.16. The van der Waals surface area contributed by atoms with Crippen LogP contribution in [0, 0.1) is 0 Å². The Kier molecular flexibility index (Phi) is 3.30. The second-order valence-electron chi connectivity index (χ2n) is 3.73. The third-order valence-corrected chi connectivity index (χ3v) is 2.46. The van der Waals surface area contributed by atoms with Gasteiger partial charge in [-0.05, 0) is 36.0 Å². The lowest BCUT2D eigenvalue weighted by atomic mass is 10.1. The molecule has 2 aromatic rings. The second kappa shape index (κ2) is 4.89. The zero-order valence-electron chi connectivity index (χ0n) is 9.03. The number of benzene rings is 1. The molecular formula is C13H16N2. The average molecular weight is 200 g/mol. The van der Waals surface area contributed by atoms with Gasteiger partial charge >= 0.3 is 0 Å². The molecular weight excluding hydrogens is 184 g/mol. The quantitative estimate of drug-likeness (QED) is 0.768. The van der Waals surface area contributed by atoms with Crippen LogP contribution in [0.15, 0.2) is 36.7 Å². The van der Waals surface area contributed by atoms with Gasteiger partial charge in [0.25, 0.3) is 0 Å². The van der Waals surface area contributed by atoms with Gasteiger partial charge in [-0.3, -0.25) is 4.98 Å². The number of nitrogens with zero attached hydrogens (tertiary/aromatic N) is 1. The molecule has 1 aromatic carbocycles. The summed E-state index contributed by atoms with van der Waals surface area (Å²) in [5.41, 5.74) is 1.34. The highest BCUT2D eigenvalue weighted by atomic mass is 14.8. The molecule has 2 heteroatoms. The highest BCUT2D eigenvalue weighted by Crippen LogP contribution is 2.14. The molecule has 2 nitrogen and oxygen atoms in total. The van der Waals surface area contributed by atoms with Gasteiger partial charge in [0.2, 0.25) is 0 Å². The third-order valence-electron chi connectivity index (χ3n) is 2.46. The lowest BCUT2D eigenvalue weighted by Gasteiger charge is -2.04. The van der Waals surface area contributed by atoms with E-state index in [1.165, 1.54) is 22.8 Å². The van der Waals surface area contributed by atoms with Crippen LogP contribution in [0.2, 0.25) is 0 Å². The van der Waals surface area contributed by atoms with E-state index in [9.17, 15) is 0 Å². The molecule has 2 rings (SSSR count). The Morgan fingerprint density at radius 2 is 2.13 bits per heavy atom. The first-order valence-electron chi connectivity index (χ1n) is 5.43. The first kappa shape index (κ1) is 10.1. The molecule has 78 valence electrons. The van der Waals surface area contributed by atoms with Gasteiger partial charge in [-0.15, -0.1) is 0 Å². The van der Waals surface area contributed by atoms with E-state index in [1.54, 1.807) is 0 Å². The number of aromatic nitrogens is 1. The van der Waals surface area contributed by atoms with Crippen molar-refractivity contribution < 1.29 is 0 Å². The second-order valence-corrected chi connectivity index (χ2v) is 3.73. The molecule has 0 amide bonds. The van der Waals surface area contributed by atoms with E-state index in [0.717, 1.165) is 13.1 Å². The van der Waals surface area contributed by atoms with Gasteiger partial charge in [-0.2, -0.15) is 0 Å². The topological polar surface area (TPSA) is 24.9 Å². The summed E-state index contributed by atoms with van der Waals surface area (Å²) in [4.78, 5) is 4.10. The summed E-state index contributed by atoms with van der Waals surface area (Å²) in [7, 11) is 0. The molecule has 0 spiro atoms. The molecule has 0 aliphatic rings. The van der Waals surface area contributed by atoms with Crippen LogP contribution in [0.3, 0.4) is 0 Å². The lowest BCUT2D eigenvalue weighted by molar-refractivity contribution is 0.676. The van der Waals surface area contributed by atoms with E-state index in [1.807, 2.05) is 12.4 Å². The van der Waals surface area contributed by atoms with Gasteiger partial charge in [-0.1, -0.05) is 19.1 Å². The third kappa shape index (κ3) is 2.54. The summed E-state index contributed by atoms with van der Waals surface area (Å²) in [6.45, 7) is 4.21. The number of fused-ring (bicyclic) bond motifs is 1. The van der Waals surface area contributed by atoms with Gasteiger partial charge in [0.1, 0.15) is 0 Å². The normalized spacial score (nSPS) is 10.7. The Morgan fingerprint density at radius 3 is 3.00 bits per heavy atom. The average Bonchev–Trinajstić information content (AvgIpc) is 2.29. The summed E-state index contributed by atoms with van der Waals surface area (Å²) in [6, 6.07) is 8.57. The molecule has 1 heterocycles. The summed E-state index contributed by atoms with van der Waals surface area (Å²) in [5.74, 6) is 0. The van der Waals surface area contributed by atoms with Crippen LogP contribution in [0.1, 0.15) is 18.9 Å². The van der Waals surface area contributed by atoms with Crippen molar-refractivity contribution in [2.75, 3.05) is 6.54 Å². The van der Waals surface area contributed by atoms with Crippen LogP contribution in [0.5, 0.6) is 0 Å². The van der Waals surface area contributed by atoms with Crippen LogP contribution < -0.4 is 5.32 Å². The van der Waals surface area contributed by atoms with Crippen molar-refractivity contribution >= 4 is 10.8 Å². The molecule has 0 bridgehead atoms. The van der Waals surface area contributed by atoms with E-state index in [-0.39, 0.29) is 0 Å². The van der Waals surface area contributed by atoms with E-state index in [2.05, 4.69) is 41.5 Å². The predicted octanol–water partition coefficient (Wildman–Crippen LogP) is 2.73. The molecule has 1 aromatic heterocycles. The number of pyridine rings is 1. The van der Waals surface area contributed by atoms with Crippen molar-refractivity contribution in [3.63, 3.8) is 0 Å². The Morgan fingerprint density at radius 1 is 1.20 bits per heavy atom. The highest BCUT2D eigenvalue weighted by molar-refractivity contribution is 5.81. The minimum Gasteiger partial charge on any atom is -0.313 e. The molecule has 1 N–H and O–H groups in total. The molecule has 15 heavy (non-hydrogen) atoms. The first-order chi connectivity index (χ1) is 7.40. The zero-order chi connectivity index (χ0) is 10.5. The van der Waals surface area contributed by atoms with Crippen LogP contribution >= 0.6 is 0 Å². The van der Waals surface area contributed by atoms with E-state index < -0.39 is 0 Å². The van der Waals surface area contributed by atoms with E-state index >= 15 is 0 Å². The zero-order valence-corrected chi connectivity index (χ0v) is 9.03. The van der Waals surface area contributed by atoms with Crippen molar-refractivity contribution in [3.05, 3.63) is 42.2 Å². The molecule has 0 saturated carbocycles. The van der Waals surface area contributed by atoms with Crippen molar-refractivity contribution in [2.45, 2.75) is 19.9 Å². The first-order valence-corrected chi connectivity index (χ1v) is 5.43. The Hall–Kier alpha value is -1.41. The van der Waals surface area contributed by atoms with Gasteiger partial charge in [0, 0.05) is 24.3 Å². The summed E-state index contributed by atoms with van der Waals surface area (Å²) < 4.78 is 0. The van der Waals surface area contributed by atoms with E-state index in [4.69, 9.17) is 0 Å². The number of hydrogen-bond acceptors (Lipinski definition) is 2. The molecule has 0 unspecified atom stereocenters. The monoisotopic (exact) mass is 200 g/mol. The molecule has 0 aliphatic heterocycles. The Bertz CT molecular complexity index is 437. The number of hydrogen-bond donors (Lipinski definition) is 1. The van der Waals surface area contributed by atoms with Crippen molar-refractivity contribution in [1.82, 2.24) is 10.3 Å². The van der Waals surface area contributed by atoms with Gasteiger partial charge in [0.05, 0.1) is 0 Å². The van der Waals surface area contributed by atoms with Crippen LogP contribution in [0.25, 0.3) is 10.8 Å². The fourth-order valence-electron chi connectivity index (χ4n) is 1.65. The predicted molar refractivity (Wildman–Crippen MR) is 63.7 cm³/mol. The van der Waals surface area contributed by atoms with Crippen molar-refractivity contribution in [2.24, 2.45) is 0 Å². The van der Waals surface area contributed by atoms with Gasteiger partial charge in [-0.25, -0.2) is 0 Å². The smallest absolute Gasteiger partial charge is 0.0346 e. The molecule has 0 radical (unpaired) electrons. The minimum atomic E-state index is 0.950. The fraction of sp³-hybridized carbons (Fsp3) is 0.308. The minimum absolute atomic E-state index is 0.950. The fourth-order valence-corrected chi connectivity index (χ4v) is 1.65.